The largest absolute Gasteiger partial charge is 0.452 e. The maximum atomic E-state index is 12.0. The minimum absolute atomic E-state index is 0.179. The summed E-state index contributed by atoms with van der Waals surface area (Å²) in [6.45, 7) is 1.00. The molecule has 0 aliphatic carbocycles. The van der Waals surface area contributed by atoms with Crippen molar-refractivity contribution in [3.63, 3.8) is 0 Å². The lowest BCUT2D eigenvalue weighted by atomic mass is 10.2. The number of aromatic nitrogens is 2. The van der Waals surface area contributed by atoms with Gasteiger partial charge in [-0.25, -0.2) is 9.78 Å². The van der Waals surface area contributed by atoms with Crippen LogP contribution in [-0.4, -0.2) is 34.4 Å². The summed E-state index contributed by atoms with van der Waals surface area (Å²) in [7, 11) is 0. The molecule has 0 aliphatic heterocycles. The third kappa shape index (κ3) is 4.23. The predicted octanol–water partition coefficient (Wildman–Crippen LogP) is 2.32. The Morgan fingerprint density at radius 1 is 1.04 bits per heavy atom. The Bertz CT molecular complexity index is 963. The maximum Gasteiger partial charge on any atom is 0.338 e. The molecule has 3 aromatic rings. The number of esters is 1. The molecular weight excluding hydrogens is 336 g/mol. The molecule has 0 unspecified atom stereocenters. The summed E-state index contributed by atoms with van der Waals surface area (Å²) in [4.78, 5) is 41.9. The van der Waals surface area contributed by atoms with Crippen LogP contribution in [0.4, 0.5) is 11.4 Å². The zero-order chi connectivity index (χ0) is 18.5. The molecule has 132 valence electrons. The molecule has 3 N–H and O–H groups in total. The standard InChI is InChI=1S/C18H16N4O4/c1-11(23)21-13-3-5-14(6-4-13)22-17(24)9-26-18(25)12-2-7-15-16(8-12)20-10-19-15/h2-8,10H,9H2,1H3,(H,19,20)(H,21,23)(H,22,24). The van der Waals surface area contributed by atoms with Gasteiger partial charge in [0, 0.05) is 18.3 Å². The van der Waals surface area contributed by atoms with Gasteiger partial charge in [0.25, 0.3) is 5.91 Å². The zero-order valence-electron chi connectivity index (χ0n) is 13.9. The molecule has 0 spiro atoms. The van der Waals surface area contributed by atoms with E-state index in [2.05, 4.69) is 20.6 Å². The normalized spacial score (nSPS) is 10.3. The minimum Gasteiger partial charge on any atom is -0.452 e. The lowest BCUT2D eigenvalue weighted by molar-refractivity contribution is -0.119. The minimum atomic E-state index is -0.599. The van der Waals surface area contributed by atoms with Crippen LogP contribution in [0.3, 0.4) is 0 Å². The molecule has 2 aromatic carbocycles. The van der Waals surface area contributed by atoms with Gasteiger partial charge in [-0.1, -0.05) is 0 Å². The Kier molecular flexibility index (Phi) is 4.93. The zero-order valence-corrected chi connectivity index (χ0v) is 13.9. The number of hydrogen-bond donors (Lipinski definition) is 3. The lowest BCUT2D eigenvalue weighted by Gasteiger charge is -2.08. The van der Waals surface area contributed by atoms with Gasteiger partial charge in [0.2, 0.25) is 5.91 Å². The molecule has 0 atom stereocenters. The molecule has 26 heavy (non-hydrogen) atoms. The second kappa shape index (κ2) is 7.47. The maximum absolute atomic E-state index is 12.0. The van der Waals surface area contributed by atoms with Crippen LogP contribution in [-0.2, 0) is 14.3 Å². The number of imidazole rings is 1. The van der Waals surface area contributed by atoms with E-state index < -0.39 is 18.5 Å². The van der Waals surface area contributed by atoms with Gasteiger partial charge in [0.05, 0.1) is 22.9 Å². The van der Waals surface area contributed by atoms with Gasteiger partial charge in [-0.05, 0) is 42.5 Å². The van der Waals surface area contributed by atoms with Crippen LogP contribution >= 0.6 is 0 Å². The summed E-state index contributed by atoms with van der Waals surface area (Å²) in [5.41, 5.74) is 2.93. The van der Waals surface area contributed by atoms with E-state index in [1.165, 1.54) is 13.3 Å². The van der Waals surface area contributed by atoms with Crippen LogP contribution in [0, 0.1) is 0 Å². The van der Waals surface area contributed by atoms with Crippen molar-refractivity contribution in [1.82, 2.24) is 9.97 Å². The van der Waals surface area contributed by atoms with Crippen LogP contribution < -0.4 is 10.6 Å². The first-order valence-electron chi connectivity index (χ1n) is 7.79. The number of nitrogens with one attached hydrogen (secondary N) is 3. The molecule has 3 rings (SSSR count). The van der Waals surface area contributed by atoms with Crippen molar-refractivity contribution >= 4 is 40.2 Å². The lowest BCUT2D eigenvalue weighted by Crippen LogP contribution is -2.21. The van der Waals surface area contributed by atoms with Gasteiger partial charge in [-0.15, -0.1) is 0 Å². The first kappa shape index (κ1) is 17.2. The first-order valence-corrected chi connectivity index (χ1v) is 7.79. The fourth-order valence-corrected chi connectivity index (χ4v) is 2.31. The molecule has 0 saturated heterocycles. The Labute approximate surface area is 148 Å². The van der Waals surface area contributed by atoms with E-state index >= 15 is 0 Å². The number of nitrogens with zero attached hydrogens (tertiary/aromatic N) is 1. The highest BCUT2D eigenvalue weighted by molar-refractivity contribution is 5.97. The van der Waals surface area contributed by atoms with Crippen LogP contribution in [0.2, 0.25) is 0 Å². The smallest absolute Gasteiger partial charge is 0.338 e. The number of anilines is 2. The number of H-pyrrole nitrogens is 1. The number of carbonyl (C=O) groups is 3. The van der Waals surface area contributed by atoms with Crippen molar-refractivity contribution in [3.05, 3.63) is 54.4 Å². The molecule has 0 fully saturated rings. The van der Waals surface area contributed by atoms with Gasteiger partial charge in [-0.2, -0.15) is 0 Å². The topological polar surface area (TPSA) is 113 Å². The van der Waals surface area contributed by atoms with E-state index in [9.17, 15) is 14.4 Å². The molecule has 0 bridgehead atoms. The quantitative estimate of drug-likeness (QED) is 0.610. The van der Waals surface area contributed by atoms with Gasteiger partial charge in [0.1, 0.15) is 0 Å². The van der Waals surface area contributed by atoms with Gasteiger partial charge >= 0.3 is 5.97 Å². The molecule has 0 radical (unpaired) electrons. The van der Waals surface area contributed by atoms with Crippen molar-refractivity contribution in [2.75, 3.05) is 17.2 Å². The van der Waals surface area contributed by atoms with Gasteiger partial charge in [0.15, 0.2) is 6.61 Å². The van der Waals surface area contributed by atoms with Crippen molar-refractivity contribution in [3.8, 4) is 0 Å². The summed E-state index contributed by atoms with van der Waals surface area (Å²) in [5.74, 6) is -1.24. The van der Waals surface area contributed by atoms with Crippen molar-refractivity contribution < 1.29 is 19.1 Å². The van der Waals surface area contributed by atoms with Crippen LogP contribution in [0.25, 0.3) is 11.0 Å². The van der Waals surface area contributed by atoms with E-state index in [1.807, 2.05) is 0 Å². The average Bonchev–Trinajstić information content (AvgIpc) is 3.08. The molecule has 1 aromatic heterocycles. The second-order valence-electron chi connectivity index (χ2n) is 5.52. The molecule has 2 amide bonds. The second-order valence-corrected chi connectivity index (χ2v) is 5.52. The van der Waals surface area contributed by atoms with E-state index in [1.54, 1.807) is 42.5 Å². The Morgan fingerprint density at radius 3 is 2.42 bits per heavy atom. The molecule has 8 nitrogen and oxygen atoms in total. The van der Waals surface area contributed by atoms with Gasteiger partial charge < -0.3 is 20.4 Å². The van der Waals surface area contributed by atoms with E-state index in [0.717, 1.165) is 5.52 Å². The van der Waals surface area contributed by atoms with Crippen molar-refractivity contribution in [1.29, 1.82) is 0 Å². The SMILES string of the molecule is CC(=O)Nc1ccc(NC(=O)COC(=O)c2ccc3nc[nH]c3c2)cc1. The van der Waals surface area contributed by atoms with E-state index in [-0.39, 0.29) is 5.91 Å². The van der Waals surface area contributed by atoms with Crippen molar-refractivity contribution in [2.45, 2.75) is 6.92 Å². The highest BCUT2D eigenvalue weighted by Gasteiger charge is 2.11. The monoisotopic (exact) mass is 352 g/mol. The number of benzene rings is 2. The third-order valence-corrected chi connectivity index (χ3v) is 3.48. The Hall–Kier alpha value is -3.68. The predicted molar refractivity (Wildman–Crippen MR) is 95.8 cm³/mol. The van der Waals surface area contributed by atoms with E-state index in [4.69, 9.17) is 4.74 Å². The summed E-state index contributed by atoms with van der Waals surface area (Å²) >= 11 is 0. The van der Waals surface area contributed by atoms with Gasteiger partial charge in [-0.3, -0.25) is 9.59 Å². The highest BCUT2D eigenvalue weighted by atomic mass is 16.5. The van der Waals surface area contributed by atoms with Crippen LogP contribution in [0.1, 0.15) is 17.3 Å². The number of aromatic amines is 1. The van der Waals surface area contributed by atoms with Crippen LogP contribution in [0.5, 0.6) is 0 Å². The summed E-state index contributed by atoms with van der Waals surface area (Å²) in [5, 5.41) is 5.24. The molecule has 0 saturated carbocycles. The third-order valence-electron chi connectivity index (χ3n) is 3.48. The number of fused-ring (bicyclic) bond motifs is 1. The van der Waals surface area contributed by atoms with Crippen LogP contribution in [0.15, 0.2) is 48.8 Å². The number of amides is 2. The molecule has 1 heterocycles. The summed E-state index contributed by atoms with van der Waals surface area (Å²) in [6.07, 6.45) is 1.53. The Morgan fingerprint density at radius 2 is 1.73 bits per heavy atom. The number of hydrogen-bond acceptors (Lipinski definition) is 5. The molecule has 8 heteroatoms. The summed E-state index contributed by atoms with van der Waals surface area (Å²) in [6, 6.07) is 11.5. The summed E-state index contributed by atoms with van der Waals surface area (Å²) < 4.78 is 5.02. The number of ether oxygens (including phenoxy) is 1. The van der Waals surface area contributed by atoms with Crippen molar-refractivity contribution in [2.24, 2.45) is 0 Å². The van der Waals surface area contributed by atoms with E-state index in [0.29, 0.717) is 22.5 Å². The number of carbonyl (C=O) groups excluding carboxylic acids is 3. The number of rotatable bonds is 5. The molecule has 0 aliphatic rings. The average molecular weight is 352 g/mol. The fourth-order valence-electron chi connectivity index (χ4n) is 2.31. The molecular formula is C18H16N4O4. The first-order chi connectivity index (χ1) is 12.5. The highest BCUT2D eigenvalue weighted by Crippen LogP contribution is 2.14. The fraction of sp³-hybridized carbons (Fsp3) is 0.111. The Balaban J connectivity index is 1.53.